The molecule has 1 atom stereocenters. The molecule has 1 fully saturated rings. The normalized spacial score (nSPS) is 14.9. The highest BCUT2D eigenvalue weighted by atomic mass is 16.6. The van der Waals surface area contributed by atoms with Crippen molar-refractivity contribution in [2.45, 2.75) is 77.1 Å². The fourth-order valence-electron chi connectivity index (χ4n) is 5.86. The third-order valence-electron chi connectivity index (χ3n) is 8.25. The van der Waals surface area contributed by atoms with E-state index in [4.69, 9.17) is 4.74 Å². The maximum atomic E-state index is 14.1. The molecule has 1 aromatic heterocycles. The molecule has 1 aliphatic rings. The van der Waals surface area contributed by atoms with Gasteiger partial charge in [-0.15, -0.1) is 0 Å². The van der Waals surface area contributed by atoms with E-state index in [2.05, 4.69) is 15.6 Å². The van der Waals surface area contributed by atoms with Crippen LogP contribution in [0.3, 0.4) is 0 Å². The molecule has 0 radical (unpaired) electrons. The second-order valence-corrected chi connectivity index (χ2v) is 13.4. The lowest BCUT2D eigenvalue weighted by Gasteiger charge is -2.36. The van der Waals surface area contributed by atoms with Crippen LogP contribution in [0.1, 0.15) is 59.1 Å². The lowest BCUT2D eigenvalue weighted by atomic mass is 9.97. The lowest BCUT2D eigenvalue weighted by molar-refractivity contribution is -0.138. The van der Waals surface area contributed by atoms with Crippen LogP contribution in [0.25, 0.3) is 22.2 Å². The highest BCUT2D eigenvalue weighted by Gasteiger charge is 2.36. The number of nitrogens with one attached hydrogen (secondary N) is 3. The Kier molecular flexibility index (Phi) is 9.37. The second kappa shape index (κ2) is 13.2. The van der Waals surface area contributed by atoms with Crippen molar-refractivity contribution in [2.75, 3.05) is 13.1 Å². The van der Waals surface area contributed by atoms with E-state index in [9.17, 15) is 19.2 Å². The number of hydrogen-bond donors (Lipinski definition) is 3. The number of nitrogens with zero attached hydrogens (tertiary/aromatic N) is 2. The summed E-state index contributed by atoms with van der Waals surface area (Å²) in [6.45, 7) is 9.27. The molecule has 10 heteroatoms. The number of imidazole rings is 1. The summed E-state index contributed by atoms with van der Waals surface area (Å²) in [5.74, 6) is -0.712. The van der Waals surface area contributed by atoms with Gasteiger partial charge in [0.05, 0.1) is 11.0 Å². The number of H-pyrrole nitrogens is 1. The van der Waals surface area contributed by atoms with Crippen molar-refractivity contribution in [1.82, 2.24) is 25.1 Å². The van der Waals surface area contributed by atoms with E-state index in [0.717, 1.165) is 27.7 Å². The van der Waals surface area contributed by atoms with Gasteiger partial charge in [-0.25, -0.2) is 9.59 Å². The van der Waals surface area contributed by atoms with Crippen LogP contribution in [0.5, 0.6) is 0 Å². The van der Waals surface area contributed by atoms with E-state index >= 15 is 0 Å². The Morgan fingerprint density at radius 2 is 1.48 bits per heavy atom. The van der Waals surface area contributed by atoms with E-state index in [0.29, 0.717) is 25.9 Å². The molecule has 242 valence electrons. The number of carbonyl (C=O) groups excluding carboxylic acids is 3. The van der Waals surface area contributed by atoms with Crippen LogP contribution >= 0.6 is 0 Å². The van der Waals surface area contributed by atoms with Crippen molar-refractivity contribution >= 4 is 28.9 Å². The Morgan fingerprint density at radius 1 is 0.870 bits per heavy atom. The summed E-state index contributed by atoms with van der Waals surface area (Å²) in [4.78, 5) is 57.6. The average molecular weight is 626 g/mol. The topological polar surface area (TPSA) is 126 Å². The Balaban J connectivity index is 1.32. The fraction of sp³-hybridized carbons (Fsp3) is 0.389. The smallest absolute Gasteiger partial charge is 0.408 e. The van der Waals surface area contributed by atoms with Gasteiger partial charge in [-0.3, -0.25) is 14.2 Å². The van der Waals surface area contributed by atoms with Gasteiger partial charge in [-0.2, -0.15) is 0 Å². The zero-order chi connectivity index (χ0) is 33.1. The average Bonchev–Trinajstić information content (AvgIpc) is 3.35. The van der Waals surface area contributed by atoms with Gasteiger partial charge in [0.25, 0.3) is 0 Å². The first-order valence-electron chi connectivity index (χ1n) is 15.8. The number of aromatic nitrogens is 2. The summed E-state index contributed by atoms with van der Waals surface area (Å²) in [6.07, 6.45) is 0.753. The number of ether oxygens (including phenoxy) is 1. The number of benzene rings is 3. The summed E-state index contributed by atoms with van der Waals surface area (Å²) >= 11 is 0. The van der Waals surface area contributed by atoms with E-state index in [1.54, 1.807) is 44.1 Å². The molecule has 1 saturated heterocycles. The quantitative estimate of drug-likeness (QED) is 0.249. The van der Waals surface area contributed by atoms with Crippen LogP contribution in [0.2, 0.25) is 0 Å². The Labute approximate surface area is 269 Å². The number of aromatic amines is 1. The van der Waals surface area contributed by atoms with Crippen molar-refractivity contribution in [3.05, 3.63) is 94.9 Å². The van der Waals surface area contributed by atoms with E-state index in [1.165, 1.54) is 0 Å². The van der Waals surface area contributed by atoms with Gasteiger partial charge in [0.15, 0.2) is 0 Å². The van der Waals surface area contributed by atoms with Gasteiger partial charge < -0.3 is 25.3 Å². The Morgan fingerprint density at radius 3 is 2.13 bits per heavy atom. The number of amides is 3. The van der Waals surface area contributed by atoms with Crippen LogP contribution in [-0.2, 0) is 20.7 Å². The number of fused-ring (bicyclic) bond motifs is 1. The molecule has 2 heterocycles. The molecule has 0 spiro atoms. The number of piperidine rings is 1. The van der Waals surface area contributed by atoms with Crippen LogP contribution in [0.4, 0.5) is 4.79 Å². The minimum atomic E-state index is -1.35. The highest BCUT2D eigenvalue weighted by Crippen LogP contribution is 2.26. The molecule has 1 aliphatic heterocycles. The molecule has 5 rings (SSSR count). The van der Waals surface area contributed by atoms with Crippen molar-refractivity contribution in [3.63, 3.8) is 0 Å². The zero-order valence-corrected chi connectivity index (χ0v) is 27.1. The van der Waals surface area contributed by atoms with Crippen molar-refractivity contribution in [3.8, 4) is 11.1 Å². The molecule has 4 aromatic rings. The summed E-state index contributed by atoms with van der Waals surface area (Å²) < 4.78 is 7.15. The first-order chi connectivity index (χ1) is 21.8. The minimum absolute atomic E-state index is 0.0526. The van der Waals surface area contributed by atoms with Crippen molar-refractivity contribution < 1.29 is 19.1 Å². The first-order valence-corrected chi connectivity index (χ1v) is 15.8. The van der Waals surface area contributed by atoms with Gasteiger partial charge in [0.2, 0.25) is 11.8 Å². The third kappa shape index (κ3) is 7.67. The van der Waals surface area contributed by atoms with E-state index in [1.807, 2.05) is 78.9 Å². The number of carbonyl (C=O) groups is 3. The van der Waals surface area contributed by atoms with Crippen LogP contribution < -0.4 is 16.3 Å². The maximum Gasteiger partial charge on any atom is 0.408 e. The number of likely N-dealkylation sites (tertiary alicyclic amines) is 1. The van der Waals surface area contributed by atoms with Gasteiger partial charge >= 0.3 is 11.8 Å². The summed E-state index contributed by atoms with van der Waals surface area (Å²) in [5.41, 5.74) is 2.42. The largest absolute Gasteiger partial charge is 0.444 e. The molecule has 3 amide bonds. The summed E-state index contributed by atoms with van der Waals surface area (Å²) in [5, 5.41) is 5.56. The molecule has 0 saturated carbocycles. The molecule has 3 aromatic carbocycles. The van der Waals surface area contributed by atoms with Gasteiger partial charge in [0.1, 0.15) is 17.2 Å². The Hall–Kier alpha value is -4.86. The number of rotatable bonds is 8. The summed E-state index contributed by atoms with van der Waals surface area (Å²) in [7, 11) is 0. The van der Waals surface area contributed by atoms with Crippen molar-refractivity contribution in [2.24, 2.45) is 0 Å². The second-order valence-electron chi connectivity index (χ2n) is 13.4. The van der Waals surface area contributed by atoms with Gasteiger partial charge in [0, 0.05) is 25.6 Å². The maximum absolute atomic E-state index is 14.1. The van der Waals surface area contributed by atoms with E-state index < -0.39 is 29.2 Å². The monoisotopic (exact) mass is 625 g/mol. The van der Waals surface area contributed by atoms with Crippen molar-refractivity contribution in [1.29, 1.82) is 0 Å². The number of para-hydroxylation sites is 2. The molecule has 0 unspecified atom stereocenters. The predicted octanol–water partition coefficient (Wildman–Crippen LogP) is 5.19. The molecule has 10 nitrogen and oxygen atoms in total. The zero-order valence-electron chi connectivity index (χ0n) is 27.1. The fourth-order valence-corrected chi connectivity index (χ4v) is 5.86. The lowest BCUT2D eigenvalue weighted by Crippen LogP contribution is -2.60. The van der Waals surface area contributed by atoms with E-state index in [-0.39, 0.29) is 24.1 Å². The number of alkyl carbamates (subject to hydrolysis) is 1. The van der Waals surface area contributed by atoms with Gasteiger partial charge in [-0.1, -0.05) is 66.7 Å². The predicted molar refractivity (Wildman–Crippen MR) is 178 cm³/mol. The van der Waals surface area contributed by atoms with Crippen LogP contribution in [0.15, 0.2) is 83.7 Å². The third-order valence-corrected chi connectivity index (χ3v) is 8.25. The standard InChI is InChI=1S/C36H43N5O5/c1-35(2,3)46-34(45)39-36(4,5)32(43)37-29(23-24-15-17-26(18-16-24)25-11-7-6-8-12-25)31(42)40-21-19-27(20-22-40)41-30-14-10-9-13-28(30)38-33(41)44/h6-18,27,29H,19-23H2,1-5H3,(H,37,43)(H,38,44)(H,39,45)/t29-/m1/s1. The molecule has 46 heavy (non-hydrogen) atoms. The first kappa shape index (κ1) is 32.5. The van der Waals surface area contributed by atoms with Gasteiger partial charge in [-0.05, 0) is 76.3 Å². The molecule has 3 N–H and O–H groups in total. The summed E-state index contributed by atoms with van der Waals surface area (Å²) in [6, 6.07) is 24.6. The van der Waals surface area contributed by atoms with Crippen LogP contribution in [-0.4, -0.2) is 62.6 Å². The minimum Gasteiger partial charge on any atom is -0.444 e. The van der Waals surface area contributed by atoms with Crippen LogP contribution in [0, 0.1) is 0 Å². The molecule has 0 aliphatic carbocycles. The molecular weight excluding hydrogens is 582 g/mol. The molecule has 0 bridgehead atoms. The highest BCUT2D eigenvalue weighted by molar-refractivity contribution is 5.93. The SMILES string of the molecule is CC(C)(C)OC(=O)NC(C)(C)C(=O)N[C@H](Cc1ccc(-c2ccccc2)cc1)C(=O)N1CCC(n2c(=O)[nH]c3ccccc32)CC1. The Bertz CT molecular complexity index is 1740. The number of hydrogen-bond acceptors (Lipinski definition) is 5. The molecular formula is C36H43N5O5.